The molecular weight excluding hydrogens is 585 g/mol. The lowest BCUT2D eigenvalue weighted by atomic mass is 10.1. The number of ether oxygens (including phenoxy) is 2. The third-order valence-electron chi connectivity index (χ3n) is 7.27. The third-order valence-corrected chi connectivity index (χ3v) is 8.79. The number of hydrogen-bond donors (Lipinski definition) is 1. The van der Waals surface area contributed by atoms with Crippen LogP contribution in [0.2, 0.25) is 0 Å². The lowest BCUT2D eigenvalue weighted by Gasteiger charge is -2.21. The molecule has 1 fully saturated rings. The van der Waals surface area contributed by atoms with E-state index in [1.165, 1.54) is 19.2 Å². The van der Waals surface area contributed by atoms with E-state index in [1.807, 2.05) is 54.6 Å². The third kappa shape index (κ3) is 6.04. The fourth-order valence-electron chi connectivity index (χ4n) is 5.11. The van der Waals surface area contributed by atoms with E-state index in [9.17, 15) is 19.2 Å². The van der Waals surface area contributed by atoms with E-state index in [0.717, 1.165) is 37.9 Å². The van der Waals surface area contributed by atoms with Gasteiger partial charge < -0.3 is 14.8 Å². The second kappa shape index (κ2) is 12.3. The Hall–Kier alpha value is -5.03. The van der Waals surface area contributed by atoms with Gasteiger partial charge in [-0.1, -0.05) is 60.7 Å². The Morgan fingerprint density at radius 1 is 0.864 bits per heavy atom. The van der Waals surface area contributed by atoms with Gasteiger partial charge in [-0.3, -0.25) is 9.36 Å². The molecule has 1 N–H and O–H groups in total. The number of aromatic nitrogens is 2. The Bertz CT molecular complexity index is 1960. The van der Waals surface area contributed by atoms with Crippen molar-refractivity contribution in [1.29, 1.82) is 0 Å². The molecule has 1 aliphatic heterocycles. The molecule has 2 unspecified atom stereocenters. The lowest BCUT2D eigenvalue weighted by Crippen LogP contribution is -2.37. The first-order valence-electron chi connectivity index (χ1n) is 13.8. The Morgan fingerprint density at radius 3 is 2.05 bits per heavy atom. The van der Waals surface area contributed by atoms with Crippen molar-refractivity contribution in [2.45, 2.75) is 29.8 Å². The Kier molecular flexibility index (Phi) is 8.12. The van der Waals surface area contributed by atoms with Gasteiger partial charge in [-0.2, -0.15) is 4.98 Å². The summed E-state index contributed by atoms with van der Waals surface area (Å²) in [6.45, 7) is 0.991. The molecule has 1 amide bonds. The van der Waals surface area contributed by atoms with Crippen molar-refractivity contribution in [2.24, 2.45) is 0 Å². The average molecular weight is 612 g/mol. The number of nitrogens with zero attached hydrogens (tertiary/aromatic N) is 2. The van der Waals surface area contributed by atoms with E-state index in [0.29, 0.717) is 5.56 Å². The standard InChI is InChI=1S/C33H26FN3O6S/c1-19(38)35-27-14-15-37(33(41)36-27)30-28(34)29(43-32(40)25-13-11-21-7-3-5-9-23(21)17-25)26(44-30)18-42-31(39)24-12-10-20-6-2-4-8-22(20)16-24/h2-17,26,28-30H,18H2,1H3,(H,35,36,38,41)/t26-,28+,29?,30?/m1/s1. The van der Waals surface area contributed by atoms with Gasteiger partial charge in [0.2, 0.25) is 5.91 Å². The molecular formula is C33H26FN3O6S. The van der Waals surface area contributed by atoms with E-state index in [2.05, 4.69) is 10.3 Å². The molecule has 0 spiro atoms. The molecule has 5 aromatic rings. The molecule has 222 valence electrons. The van der Waals surface area contributed by atoms with Gasteiger partial charge in [0.15, 0.2) is 12.3 Å². The predicted molar refractivity (Wildman–Crippen MR) is 165 cm³/mol. The van der Waals surface area contributed by atoms with E-state index >= 15 is 4.39 Å². The van der Waals surface area contributed by atoms with Gasteiger partial charge in [0.05, 0.1) is 16.4 Å². The number of carbonyl (C=O) groups is 3. The van der Waals surface area contributed by atoms with E-state index < -0.39 is 46.4 Å². The van der Waals surface area contributed by atoms with Gasteiger partial charge in [0.1, 0.15) is 17.8 Å². The Morgan fingerprint density at radius 2 is 1.45 bits per heavy atom. The van der Waals surface area contributed by atoms with Crippen LogP contribution in [0.15, 0.2) is 102 Å². The molecule has 2 heterocycles. The number of hydrogen-bond acceptors (Lipinski definition) is 8. The van der Waals surface area contributed by atoms with Gasteiger partial charge in [-0.05, 0) is 51.9 Å². The van der Waals surface area contributed by atoms with Crippen molar-refractivity contribution in [1.82, 2.24) is 9.55 Å². The number of halogens is 1. The van der Waals surface area contributed by atoms with Gasteiger partial charge in [0.25, 0.3) is 0 Å². The number of alkyl halides is 1. The maximum Gasteiger partial charge on any atom is 0.350 e. The maximum absolute atomic E-state index is 16.1. The summed E-state index contributed by atoms with van der Waals surface area (Å²) in [4.78, 5) is 54.3. The molecule has 0 aliphatic carbocycles. The van der Waals surface area contributed by atoms with Gasteiger partial charge in [-0.25, -0.2) is 18.8 Å². The first-order chi connectivity index (χ1) is 21.3. The molecule has 0 saturated carbocycles. The zero-order valence-corrected chi connectivity index (χ0v) is 24.2. The zero-order chi connectivity index (χ0) is 30.8. The number of esters is 2. The molecule has 11 heteroatoms. The van der Waals surface area contributed by atoms with E-state index in [1.54, 1.807) is 30.3 Å². The first-order valence-corrected chi connectivity index (χ1v) is 14.7. The molecule has 9 nitrogen and oxygen atoms in total. The number of carbonyl (C=O) groups excluding carboxylic acids is 3. The lowest BCUT2D eigenvalue weighted by molar-refractivity contribution is -0.114. The number of amides is 1. The van der Waals surface area contributed by atoms with E-state index in [-0.39, 0.29) is 18.0 Å². The molecule has 0 bridgehead atoms. The molecule has 1 aromatic heterocycles. The van der Waals surface area contributed by atoms with Crippen molar-refractivity contribution >= 4 is 57.0 Å². The highest BCUT2D eigenvalue weighted by Crippen LogP contribution is 2.45. The number of rotatable bonds is 7. The highest BCUT2D eigenvalue weighted by molar-refractivity contribution is 8.00. The minimum Gasteiger partial charge on any atom is -0.461 e. The van der Waals surface area contributed by atoms with E-state index in [4.69, 9.17) is 9.47 Å². The minimum atomic E-state index is -1.85. The van der Waals surface area contributed by atoms with Crippen LogP contribution in [-0.4, -0.2) is 51.5 Å². The Labute approximate surface area is 255 Å². The van der Waals surface area contributed by atoms with Crippen molar-refractivity contribution in [3.8, 4) is 0 Å². The monoisotopic (exact) mass is 611 g/mol. The number of anilines is 1. The van der Waals surface area contributed by atoms with Crippen LogP contribution < -0.4 is 11.0 Å². The highest BCUT2D eigenvalue weighted by atomic mass is 32.2. The average Bonchev–Trinajstić information content (AvgIpc) is 3.33. The number of nitrogens with one attached hydrogen (secondary N) is 1. The fourth-order valence-corrected chi connectivity index (χ4v) is 6.58. The second-order valence-electron chi connectivity index (χ2n) is 10.3. The van der Waals surface area contributed by atoms with Crippen LogP contribution >= 0.6 is 11.8 Å². The molecule has 0 radical (unpaired) electrons. The van der Waals surface area contributed by atoms with Gasteiger partial charge in [0, 0.05) is 13.1 Å². The molecule has 44 heavy (non-hydrogen) atoms. The van der Waals surface area contributed by atoms with Crippen LogP contribution in [0.5, 0.6) is 0 Å². The highest BCUT2D eigenvalue weighted by Gasteiger charge is 2.49. The van der Waals surface area contributed by atoms with Crippen LogP contribution in [0.1, 0.15) is 33.0 Å². The summed E-state index contributed by atoms with van der Waals surface area (Å²) in [7, 11) is 0. The largest absolute Gasteiger partial charge is 0.461 e. The van der Waals surface area contributed by atoms with Crippen LogP contribution in [-0.2, 0) is 14.3 Å². The first kappa shape index (κ1) is 29.1. The second-order valence-corrected chi connectivity index (χ2v) is 11.6. The number of benzene rings is 4. The number of fused-ring (bicyclic) bond motifs is 2. The van der Waals surface area contributed by atoms with Gasteiger partial charge in [-0.15, -0.1) is 11.8 Å². The summed E-state index contributed by atoms with van der Waals surface area (Å²) in [5.41, 5.74) is -0.252. The zero-order valence-electron chi connectivity index (χ0n) is 23.4. The van der Waals surface area contributed by atoms with Crippen LogP contribution in [0.3, 0.4) is 0 Å². The van der Waals surface area contributed by atoms with Crippen LogP contribution in [0.4, 0.5) is 10.2 Å². The summed E-state index contributed by atoms with van der Waals surface area (Å²) in [6, 6.07) is 26.6. The fraction of sp³-hybridized carbons (Fsp3) is 0.182. The number of thioether (sulfide) groups is 1. The van der Waals surface area contributed by atoms with Crippen LogP contribution in [0.25, 0.3) is 21.5 Å². The van der Waals surface area contributed by atoms with Gasteiger partial charge >= 0.3 is 17.6 Å². The molecule has 6 rings (SSSR count). The summed E-state index contributed by atoms with van der Waals surface area (Å²) < 4.78 is 28.5. The molecule has 1 aliphatic rings. The van der Waals surface area contributed by atoms with Crippen molar-refractivity contribution < 1.29 is 28.2 Å². The Balaban J connectivity index is 1.25. The predicted octanol–water partition coefficient (Wildman–Crippen LogP) is 5.54. The minimum absolute atomic E-state index is 0.0253. The SMILES string of the molecule is CC(=O)Nc1ccn(C2S[C@H](COC(=O)c3ccc4ccccc4c3)C(OC(=O)c3ccc4ccccc4c3)[C@@H]2F)c(=O)n1. The maximum atomic E-state index is 16.1. The molecule has 4 aromatic carbocycles. The smallest absolute Gasteiger partial charge is 0.350 e. The molecule has 1 saturated heterocycles. The van der Waals surface area contributed by atoms with Crippen LogP contribution in [0, 0.1) is 0 Å². The van der Waals surface area contributed by atoms with Crippen molar-refractivity contribution in [3.05, 3.63) is 119 Å². The van der Waals surface area contributed by atoms with Crippen molar-refractivity contribution in [2.75, 3.05) is 11.9 Å². The summed E-state index contributed by atoms with van der Waals surface area (Å²) in [5, 5.41) is 4.00. The molecule has 4 atom stereocenters. The quantitative estimate of drug-likeness (QED) is 0.239. The summed E-state index contributed by atoms with van der Waals surface area (Å²) in [5.74, 6) is -1.75. The topological polar surface area (TPSA) is 117 Å². The normalized spacial score (nSPS) is 19.5. The summed E-state index contributed by atoms with van der Waals surface area (Å²) >= 11 is 1.000. The summed E-state index contributed by atoms with van der Waals surface area (Å²) in [6.07, 6.45) is -1.88. The van der Waals surface area contributed by atoms with Crippen molar-refractivity contribution in [3.63, 3.8) is 0 Å².